The average molecular weight is 505 g/mol. The molecule has 1 heterocycles. The zero-order valence-electron chi connectivity index (χ0n) is 18.6. The predicted octanol–water partition coefficient (Wildman–Crippen LogP) is 6.77. The van der Waals surface area contributed by atoms with E-state index in [1.54, 1.807) is 48.5 Å². The number of amides is 1. The summed E-state index contributed by atoms with van der Waals surface area (Å²) < 4.78 is 84.7. The number of carbonyl (C=O) groups excluding carboxylic acids is 1. The zero-order valence-corrected chi connectivity index (χ0v) is 18.6. The summed E-state index contributed by atoms with van der Waals surface area (Å²) in [5, 5.41) is 0.623. The van der Waals surface area contributed by atoms with Gasteiger partial charge in [-0.25, -0.2) is 4.79 Å². The van der Waals surface area contributed by atoms with Crippen LogP contribution in [0.2, 0.25) is 0 Å². The van der Waals surface area contributed by atoms with Crippen LogP contribution in [0.3, 0.4) is 0 Å². The molecule has 0 aliphatic heterocycles. The molecule has 36 heavy (non-hydrogen) atoms. The number of nitrogens with zero attached hydrogens (tertiary/aromatic N) is 1. The highest BCUT2D eigenvalue weighted by molar-refractivity contribution is 6.07. The second kappa shape index (κ2) is 9.18. The fourth-order valence-electron chi connectivity index (χ4n) is 3.87. The lowest BCUT2D eigenvalue weighted by Gasteiger charge is -2.21. The molecule has 0 fully saturated rings. The Labute approximate surface area is 200 Å². The van der Waals surface area contributed by atoms with Gasteiger partial charge in [-0.1, -0.05) is 48.5 Å². The Balaban J connectivity index is 1.80. The zero-order chi connectivity index (χ0) is 26.3. The first kappa shape index (κ1) is 25.0. The predicted molar refractivity (Wildman–Crippen MR) is 120 cm³/mol. The summed E-state index contributed by atoms with van der Waals surface area (Å²) in [6.07, 6.45) is -10.0. The molecule has 1 amide bonds. The van der Waals surface area contributed by atoms with Gasteiger partial charge >= 0.3 is 18.0 Å². The summed E-state index contributed by atoms with van der Waals surface area (Å²) in [7, 11) is 1.19. The van der Waals surface area contributed by atoms with Gasteiger partial charge in [-0.15, -0.1) is 0 Å². The molecule has 0 saturated carbocycles. The molecule has 0 bridgehead atoms. The number of carbonyl (C=O) groups is 1. The van der Waals surface area contributed by atoms with Gasteiger partial charge in [-0.05, 0) is 35.4 Å². The molecule has 3 aromatic carbocycles. The van der Waals surface area contributed by atoms with Crippen molar-refractivity contribution in [2.75, 3.05) is 7.05 Å². The monoisotopic (exact) mass is 505 g/mol. The van der Waals surface area contributed by atoms with E-state index in [1.807, 2.05) is 0 Å². The number of hydrogen-bond donors (Lipinski definition) is 0. The van der Waals surface area contributed by atoms with Crippen LogP contribution in [-0.4, -0.2) is 17.9 Å². The van der Waals surface area contributed by atoms with E-state index >= 15 is 0 Å². The van der Waals surface area contributed by atoms with Crippen molar-refractivity contribution in [1.29, 1.82) is 0 Å². The Morgan fingerprint density at radius 2 is 1.33 bits per heavy atom. The van der Waals surface area contributed by atoms with Gasteiger partial charge in [0.2, 0.25) is 5.76 Å². The molecule has 0 aliphatic carbocycles. The molecule has 4 nitrogen and oxygen atoms in total. The van der Waals surface area contributed by atoms with Crippen molar-refractivity contribution in [2.24, 2.45) is 0 Å². The minimum Gasteiger partial charge on any atom is -0.416 e. The van der Waals surface area contributed by atoms with E-state index in [2.05, 4.69) is 0 Å². The molecule has 1 aromatic heterocycles. The van der Waals surface area contributed by atoms with Gasteiger partial charge in [0.05, 0.1) is 16.5 Å². The number of rotatable bonds is 4. The summed E-state index contributed by atoms with van der Waals surface area (Å²) in [6.45, 7) is -0.601. The van der Waals surface area contributed by atoms with E-state index in [1.165, 1.54) is 13.1 Å². The van der Waals surface area contributed by atoms with Gasteiger partial charge in [-0.2, -0.15) is 26.3 Å². The van der Waals surface area contributed by atoms with Crippen molar-refractivity contribution >= 4 is 16.7 Å². The summed E-state index contributed by atoms with van der Waals surface area (Å²) >= 11 is 0. The van der Waals surface area contributed by atoms with E-state index < -0.39 is 47.1 Å². The van der Waals surface area contributed by atoms with Crippen molar-refractivity contribution in [3.05, 3.63) is 106 Å². The SMILES string of the molecule is CN(Cc1cc(C(F)(F)F)cc(C(F)(F)F)c1)C(=O)c1oc(=O)c2ccccc2c1-c1ccccc1. The lowest BCUT2D eigenvalue weighted by molar-refractivity contribution is -0.143. The molecule has 4 rings (SSSR count). The van der Waals surface area contributed by atoms with Gasteiger partial charge in [0.1, 0.15) is 0 Å². The van der Waals surface area contributed by atoms with Crippen molar-refractivity contribution < 1.29 is 35.6 Å². The Kier molecular flexibility index (Phi) is 6.38. The third-order valence-corrected chi connectivity index (χ3v) is 5.51. The maximum absolute atomic E-state index is 13.4. The summed E-state index contributed by atoms with van der Waals surface area (Å²) in [5.41, 5.74) is -3.36. The van der Waals surface area contributed by atoms with Gasteiger partial charge in [0.25, 0.3) is 5.91 Å². The van der Waals surface area contributed by atoms with E-state index in [0.717, 1.165) is 4.90 Å². The lowest BCUT2D eigenvalue weighted by atomic mass is 9.97. The van der Waals surface area contributed by atoms with Gasteiger partial charge in [0.15, 0.2) is 0 Å². The van der Waals surface area contributed by atoms with Gasteiger partial charge in [0, 0.05) is 24.5 Å². The van der Waals surface area contributed by atoms with Crippen molar-refractivity contribution in [1.82, 2.24) is 4.90 Å². The van der Waals surface area contributed by atoms with E-state index in [4.69, 9.17) is 4.42 Å². The molecular formula is C26H17F6NO3. The average Bonchev–Trinajstić information content (AvgIpc) is 2.82. The summed E-state index contributed by atoms with van der Waals surface area (Å²) in [4.78, 5) is 26.8. The van der Waals surface area contributed by atoms with E-state index in [9.17, 15) is 35.9 Å². The number of halogens is 6. The fourth-order valence-corrected chi connectivity index (χ4v) is 3.87. The van der Waals surface area contributed by atoms with Crippen LogP contribution in [0.5, 0.6) is 0 Å². The smallest absolute Gasteiger partial charge is 0.416 e. The van der Waals surface area contributed by atoms with E-state index in [-0.39, 0.29) is 22.8 Å². The Morgan fingerprint density at radius 3 is 1.89 bits per heavy atom. The standard InChI is InChI=1S/C26H17F6NO3/c1-33(14-15-11-17(25(27,28)29)13-18(12-15)26(30,31)32)23(34)22-21(16-7-3-2-4-8-16)19-9-5-6-10-20(19)24(35)36-22/h2-13H,14H2,1H3. The minimum absolute atomic E-state index is 0.0151. The quantitative estimate of drug-likeness (QED) is 0.288. The molecule has 0 spiro atoms. The Morgan fingerprint density at radius 1 is 0.806 bits per heavy atom. The van der Waals surface area contributed by atoms with Crippen LogP contribution in [0.1, 0.15) is 27.2 Å². The molecule has 0 radical (unpaired) electrons. The normalized spacial score (nSPS) is 12.1. The number of benzene rings is 3. The summed E-state index contributed by atoms with van der Waals surface area (Å²) in [6, 6.07) is 16.0. The van der Waals surface area contributed by atoms with Crippen LogP contribution in [-0.2, 0) is 18.9 Å². The van der Waals surface area contributed by atoms with Gasteiger partial charge in [-0.3, -0.25) is 4.79 Å². The van der Waals surface area contributed by atoms with Gasteiger partial charge < -0.3 is 9.32 Å². The number of hydrogen-bond acceptors (Lipinski definition) is 3. The van der Waals surface area contributed by atoms with Crippen molar-refractivity contribution in [2.45, 2.75) is 18.9 Å². The molecule has 0 unspecified atom stereocenters. The topological polar surface area (TPSA) is 50.5 Å². The second-order valence-corrected chi connectivity index (χ2v) is 8.08. The molecule has 0 aliphatic rings. The van der Waals surface area contributed by atoms with Crippen LogP contribution < -0.4 is 5.63 Å². The van der Waals surface area contributed by atoms with Crippen LogP contribution in [0.25, 0.3) is 21.9 Å². The third-order valence-electron chi connectivity index (χ3n) is 5.51. The molecule has 10 heteroatoms. The highest BCUT2D eigenvalue weighted by Crippen LogP contribution is 2.37. The second-order valence-electron chi connectivity index (χ2n) is 8.08. The van der Waals surface area contributed by atoms with E-state index in [0.29, 0.717) is 23.1 Å². The lowest BCUT2D eigenvalue weighted by Crippen LogP contribution is -2.28. The fraction of sp³-hybridized carbons (Fsp3) is 0.154. The highest BCUT2D eigenvalue weighted by Gasteiger charge is 2.37. The first-order valence-corrected chi connectivity index (χ1v) is 10.5. The Bertz CT molecular complexity index is 1460. The largest absolute Gasteiger partial charge is 0.416 e. The summed E-state index contributed by atoms with van der Waals surface area (Å²) in [5.74, 6) is -1.27. The number of fused-ring (bicyclic) bond motifs is 1. The maximum atomic E-state index is 13.4. The molecule has 0 saturated heterocycles. The molecule has 186 valence electrons. The van der Waals surface area contributed by atoms with Crippen LogP contribution in [0, 0.1) is 0 Å². The van der Waals surface area contributed by atoms with Crippen LogP contribution >= 0.6 is 0 Å². The molecular weight excluding hydrogens is 488 g/mol. The Hall–Kier alpha value is -4.08. The first-order chi connectivity index (χ1) is 16.9. The van der Waals surface area contributed by atoms with Crippen LogP contribution in [0.4, 0.5) is 26.3 Å². The van der Waals surface area contributed by atoms with Crippen molar-refractivity contribution in [3.63, 3.8) is 0 Å². The van der Waals surface area contributed by atoms with Crippen LogP contribution in [0.15, 0.2) is 82.0 Å². The molecule has 0 N–H and O–H groups in total. The van der Waals surface area contributed by atoms with Crippen molar-refractivity contribution in [3.8, 4) is 11.1 Å². The third kappa shape index (κ3) is 4.98. The first-order valence-electron chi connectivity index (χ1n) is 10.5. The minimum atomic E-state index is -5.02. The number of alkyl halides is 6. The maximum Gasteiger partial charge on any atom is 0.416 e. The molecule has 0 atom stereocenters. The molecule has 4 aromatic rings. The highest BCUT2D eigenvalue weighted by atomic mass is 19.4.